The van der Waals surface area contributed by atoms with E-state index in [9.17, 15) is 13.2 Å². The molecule has 0 aliphatic heterocycles. The molecule has 6 nitrogen and oxygen atoms in total. The van der Waals surface area contributed by atoms with Crippen LogP contribution in [0.2, 0.25) is 10.0 Å². The van der Waals surface area contributed by atoms with Gasteiger partial charge in [0.1, 0.15) is 0 Å². The maximum atomic E-state index is 12.9. The average molecular weight is 478 g/mol. The molecule has 152 valence electrons. The molecule has 0 spiro atoms. The molecule has 0 unspecified atom stereocenters. The van der Waals surface area contributed by atoms with Gasteiger partial charge in [-0.25, -0.2) is 13.4 Å². The number of hydrogen-bond acceptors (Lipinski definition) is 5. The zero-order valence-electron chi connectivity index (χ0n) is 15.1. The van der Waals surface area contributed by atoms with Crippen molar-refractivity contribution in [2.45, 2.75) is 4.90 Å². The minimum Gasteiger partial charge on any atom is -0.298 e. The summed E-state index contributed by atoms with van der Waals surface area (Å²) < 4.78 is 28.8. The Morgan fingerprint density at radius 2 is 1.63 bits per heavy atom. The van der Waals surface area contributed by atoms with Crippen LogP contribution >= 0.6 is 34.5 Å². The second kappa shape index (κ2) is 8.23. The lowest BCUT2D eigenvalue weighted by atomic mass is 10.2. The van der Waals surface area contributed by atoms with E-state index in [-0.39, 0.29) is 21.2 Å². The third-order valence-electron chi connectivity index (χ3n) is 4.11. The van der Waals surface area contributed by atoms with Crippen molar-refractivity contribution in [2.75, 3.05) is 10.0 Å². The van der Waals surface area contributed by atoms with Crippen LogP contribution in [0.1, 0.15) is 10.4 Å². The summed E-state index contributed by atoms with van der Waals surface area (Å²) in [6.45, 7) is 0. The number of rotatable bonds is 5. The molecule has 0 saturated carbocycles. The quantitative estimate of drug-likeness (QED) is 0.388. The van der Waals surface area contributed by atoms with Gasteiger partial charge < -0.3 is 0 Å². The van der Waals surface area contributed by atoms with Crippen molar-refractivity contribution in [1.82, 2.24) is 4.98 Å². The number of aromatic nitrogens is 1. The molecule has 1 heterocycles. The van der Waals surface area contributed by atoms with Crippen LogP contribution in [-0.4, -0.2) is 19.3 Å². The number of benzene rings is 3. The van der Waals surface area contributed by atoms with Crippen LogP contribution < -0.4 is 10.0 Å². The highest BCUT2D eigenvalue weighted by molar-refractivity contribution is 7.92. The molecular weight excluding hydrogens is 465 g/mol. The van der Waals surface area contributed by atoms with Gasteiger partial charge in [0, 0.05) is 10.0 Å². The molecule has 0 fully saturated rings. The molecule has 4 aromatic rings. The number of thiazole rings is 1. The minimum atomic E-state index is -3.96. The van der Waals surface area contributed by atoms with Gasteiger partial charge in [-0.05, 0) is 54.6 Å². The van der Waals surface area contributed by atoms with Crippen LogP contribution in [0.5, 0.6) is 0 Å². The molecule has 0 radical (unpaired) electrons. The predicted octanol–water partition coefficient (Wildman–Crippen LogP) is 5.66. The van der Waals surface area contributed by atoms with Gasteiger partial charge in [-0.3, -0.25) is 14.8 Å². The number of carbonyl (C=O) groups is 1. The standard InChI is InChI=1S/C20H13Cl2N3O3S2/c21-12-5-8-14(9-6-12)30(27,28)25-17-11-13(22)7-10-15(17)19(26)24-20-23-16-3-1-2-4-18(16)29-20/h1-11,25H,(H,23,24,26). The number of hydrogen-bond donors (Lipinski definition) is 2. The Hall–Kier alpha value is -2.65. The first-order chi connectivity index (χ1) is 14.3. The smallest absolute Gasteiger partial charge is 0.261 e. The SMILES string of the molecule is O=C(Nc1nc2ccccc2s1)c1ccc(Cl)cc1NS(=O)(=O)c1ccc(Cl)cc1. The maximum Gasteiger partial charge on any atom is 0.261 e. The normalized spacial score (nSPS) is 11.4. The number of nitrogens with one attached hydrogen (secondary N) is 2. The lowest BCUT2D eigenvalue weighted by Gasteiger charge is -2.13. The highest BCUT2D eigenvalue weighted by atomic mass is 35.5. The molecule has 30 heavy (non-hydrogen) atoms. The molecule has 0 aliphatic carbocycles. The highest BCUT2D eigenvalue weighted by Crippen LogP contribution is 2.28. The van der Waals surface area contributed by atoms with Crippen molar-refractivity contribution < 1.29 is 13.2 Å². The monoisotopic (exact) mass is 477 g/mol. The second-order valence-corrected chi connectivity index (χ2v) is 9.78. The lowest BCUT2D eigenvalue weighted by Crippen LogP contribution is -2.18. The number of anilines is 2. The van der Waals surface area contributed by atoms with E-state index >= 15 is 0 Å². The number of sulfonamides is 1. The Morgan fingerprint density at radius 1 is 0.933 bits per heavy atom. The molecule has 3 aromatic carbocycles. The van der Waals surface area contributed by atoms with E-state index < -0.39 is 15.9 Å². The van der Waals surface area contributed by atoms with Gasteiger partial charge in [-0.15, -0.1) is 0 Å². The van der Waals surface area contributed by atoms with Crippen molar-refractivity contribution in [3.63, 3.8) is 0 Å². The van der Waals surface area contributed by atoms with Gasteiger partial charge in [0.25, 0.3) is 15.9 Å². The molecule has 2 N–H and O–H groups in total. The minimum absolute atomic E-state index is 0.00408. The first-order valence-electron chi connectivity index (χ1n) is 8.57. The average Bonchev–Trinajstić information content (AvgIpc) is 3.10. The van der Waals surface area contributed by atoms with E-state index in [1.54, 1.807) is 0 Å². The van der Waals surface area contributed by atoms with Crippen molar-refractivity contribution in [3.8, 4) is 0 Å². The number of halogens is 2. The molecular formula is C20H13Cl2N3O3S2. The van der Waals surface area contributed by atoms with Gasteiger partial charge in [0.2, 0.25) is 0 Å². The van der Waals surface area contributed by atoms with Crippen LogP contribution in [0.25, 0.3) is 10.2 Å². The van der Waals surface area contributed by atoms with Gasteiger partial charge in [-0.1, -0.05) is 46.7 Å². The van der Waals surface area contributed by atoms with Crippen LogP contribution in [0.3, 0.4) is 0 Å². The fourth-order valence-corrected chi connectivity index (χ4v) is 4.94. The first-order valence-corrected chi connectivity index (χ1v) is 11.6. The molecule has 1 aromatic heterocycles. The summed E-state index contributed by atoms with van der Waals surface area (Å²) in [7, 11) is -3.96. The number of carbonyl (C=O) groups excluding carboxylic acids is 1. The molecule has 0 saturated heterocycles. The van der Waals surface area contributed by atoms with E-state index in [0.717, 1.165) is 10.2 Å². The largest absolute Gasteiger partial charge is 0.298 e. The van der Waals surface area contributed by atoms with Crippen molar-refractivity contribution in [1.29, 1.82) is 0 Å². The third-order valence-corrected chi connectivity index (χ3v) is 6.93. The Labute approximate surface area is 186 Å². The molecule has 4 rings (SSSR count). The van der Waals surface area contributed by atoms with Crippen LogP contribution in [0, 0.1) is 0 Å². The van der Waals surface area contributed by atoms with E-state index in [1.165, 1.54) is 53.8 Å². The topological polar surface area (TPSA) is 88.2 Å². The number of fused-ring (bicyclic) bond motifs is 1. The predicted molar refractivity (Wildman–Crippen MR) is 121 cm³/mol. The zero-order valence-corrected chi connectivity index (χ0v) is 18.2. The summed E-state index contributed by atoms with van der Waals surface area (Å²) in [5, 5.41) is 3.81. The van der Waals surface area contributed by atoms with Gasteiger partial charge >= 0.3 is 0 Å². The zero-order chi connectivity index (χ0) is 21.3. The molecule has 0 atom stereocenters. The Kier molecular flexibility index (Phi) is 5.66. The molecule has 1 amide bonds. The first kappa shape index (κ1) is 20.6. The number of nitrogens with zero attached hydrogens (tertiary/aromatic N) is 1. The summed E-state index contributed by atoms with van der Waals surface area (Å²) in [5.74, 6) is -0.514. The van der Waals surface area contributed by atoms with Crippen molar-refractivity contribution >= 4 is 71.5 Å². The maximum absolute atomic E-state index is 12.9. The Bertz CT molecular complexity index is 1320. The van der Waals surface area contributed by atoms with Crippen LogP contribution in [-0.2, 0) is 10.0 Å². The van der Waals surface area contributed by atoms with E-state index in [1.807, 2.05) is 24.3 Å². The van der Waals surface area contributed by atoms with E-state index in [0.29, 0.717) is 10.2 Å². The molecule has 0 aliphatic rings. The van der Waals surface area contributed by atoms with Gasteiger partial charge in [0.15, 0.2) is 5.13 Å². The summed E-state index contributed by atoms with van der Waals surface area (Å²) in [6, 6.07) is 17.5. The van der Waals surface area contributed by atoms with Crippen LogP contribution in [0.15, 0.2) is 71.6 Å². The summed E-state index contributed by atoms with van der Waals surface area (Å²) >= 11 is 13.2. The highest BCUT2D eigenvalue weighted by Gasteiger charge is 2.20. The third kappa shape index (κ3) is 4.41. The van der Waals surface area contributed by atoms with Crippen LogP contribution in [0.4, 0.5) is 10.8 Å². The fraction of sp³-hybridized carbons (Fsp3) is 0. The number of para-hydroxylation sites is 1. The summed E-state index contributed by atoms with van der Waals surface area (Å²) in [4.78, 5) is 17.2. The van der Waals surface area contributed by atoms with Crippen molar-refractivity contribution in [3.05, 3.63) is 82.3 Å². The summed E-state index contributed by atoms with van der Waals surface area (Å²) in [5.41, 5.74) is 0.921. The van der Waals surface area contributed by atoms with Gasteiger partial charge in [0.05, 0.1) is 26.4 Å². The number of amides is 1. The Balaban J connectivity index is 1.64. The second-order valence-electron chi connectivity index (χ2n) is 6.19. The van der Waals surface area contributed by atoms with Crippen molar-refractivity contribution in [2.24, 2.45) is 0 Å². The summed E-state index contributed by atoms with van der Waals surface area (Å²) in [6.07, 6.45) is 0. The molecule has 0 bridgehead atoms. The lowest BCUT2D eigenvalue weighted by molar-refractivity contribution is 0.102. The Morgan fingerprint density at radius 3 is 2.37 bits per heavy atom. The van der Waals surface area contributed by atoms with Gasteiger partial charge in [-0.2, -0.15) is 0 Å². The van der Waals surface area contributed by atoms with E-state index in [2.05, 4.69) is 15.0 Å². The van der Waals surface area contributed by atoms with E-state index in [4.69, 9.17) is 23.2 Å². The molecule has 10 heteroatoms. The fourth-order valence-electron chi connectivity index (χ4n) is 2.71.